The number of fused-ring (bicyclic) bond motifs is 1. The molecule has 13 heteroatoms. The van der Waals surface area contributed by atoms with Gasteiger partial charge in [0.1, 0.15) is 10.0 Å². The summed E-state index contributed by atoms with van der Waals surface area (Å²) in [7, 11) is 1.19. The van der Waals surface area contributed by atoms with E-state index in [9.17, 15) is 22.4 Å². The second-order valence-corrected chi connectivity index (χ2v) is 12.0. The van der Waals surface area contributed by atoms with E-state index in [1.54, 1.807) is 43.6 Å². The van der Waals surface area contributed by atoms with Crippen LogP contribution in [-0.2, 0) is 16.6 Å². The molecule has 0 fully saturated rings. The normalized spacial score (nSPS) is 11.6. The van der Waals surface area contributed by atoms with E-state index >= 15 is 0 Å². The van der Waals surface area contributed by atoms with Gasteiger partial charge in [0, 0.05) is 25.5 Å². The number of nitrogens with one attached hydrogen (secondary N) is 3. The molecule has 2 aromatic carbocycles. The van der Waals surface area contributed by atoms with E-state index in [1.807, 2.05) is 23.7 Å². The number of carbonyl (C=O) groups is 1. The van der Waals surface area contributed by atoms with Crippen LogP contribution in [0.25, 0.3) is 16.5 Å². The zero-order valence-electron chi connectivity index (χ0n) is 20.0. The van der Waals surface area contributed by atoms with Gasteiger partial charge in [0.25, 0.3) is 15.6 Å². The molecule has 0 aliphatic heterocycles. The van der Waals surface area contributed by atoms with Crippen molar-refractivity contribution in [3.63, 3.8) is 0 Å². The number of nitrogens with zero attached hydrogens (tertiary/aromatic N) is 2. The van der Waals surface area contributed by atoms with Crippen LogP contribution in [-0.4, -0.2) is 45.1 Å². The van der Waals surface area contributed by atoms with Crippen LogP contribution in [0.3, 0.4) is 0 Å². The minimum Gasteiger partial charge on any atom is -0.386 e. The van der Waals surface area contributed by atoms with Gasteiger partial charge in [-0.15, -0.1) is 11.3 Å². The molecule has 0 atom stereocenters. The number of pyridine rings is 1. The zero-order valence-corrected chi connectivity index (χ0v) is 22.4. The first-order valence-corrected chi connectivity index (χ1v) is 13.6. The van der Waals surface area contributed by atoms with Crippen molar-refractivity contribution >= 4 is 61.1 Å². The molecule has 0 bridgehead atoms. The Labute approximate surface area is 221 Å². The Hall–Kier alpha value is -3.45. The summed E-state index contributed by atoms with van der Waals surface area (Å²) in [6.07, 6.45) is 1.61. The van der Waals surface area contributed by atoms with Crippen molar-refractivity contribution in [3.05, 3.63) is 80.8 Å². The standard InChI is InChI=1S/C24H23ClFN5O4S2/c1-27-19-11-14-8-9-31(23(32)17(14)12-18(19)26)20-5-4-16(10-15(20)13-30(2)3)28-24(33)29-37(34,35)22-7-6-21(25)36-22/h4-12,27H,13H2,1-3H3,(H2,28,29,33). The summed E-state index contributed by atoms with van der Waals surface area (Å²) in [4.78, 5) is 27.6. The lowest BCUT2D eigenvalue weighted by Crippen LogP contribution is -2.34. The molecule has 0 aliphatic carbocycles. The predicted octanol–water partition coefficient (Wildman–Crippen LogP) is 4.46. The molecule has 0 saturated heterocycles. The maximum atomic E-state index is 14.4. The van der Waals surface area contributed by atoms with Crippen LogP contribution in [0.4, 0.5) is 20.6 Å². The molecule has 0 spiro atoms. The second-order valence-electron chi connectivity index (χ2n) is 8.36. The molecule has 0 aliphatic rings. The first-order valence-electron chi connectivity index (χ1n) is 10.9. The van der Waals surface area contributed by atoms with Crippen LogP contribution in [0.1, 0.15) is 5.56 Å². The highest BCUT2D eigenvalue weighted by atomic mass is 35.5. The second kappa shape index (κ2) is 10.5. The van der Waals surface area contributed by atoms with Crippen LogP contribution in [0, 0.1) is 5.82 Å². The molecule has 2 amide bonds. The lowest BCUT2D eigenvalue weighted by molar-refractivity contribution is 0.256. The Morgan fingerprint density at radius 1 is 1.14 bits per heavy atom. The van der Waals surface area contributed by atoms with Crippen LogP contribution >= 0.6 is 22.9 Å². The molecule has 2 aromatic heterocycles. The topological polar surface area (TPSA) is 113 Å². The van der Waals surface area contributed by atoms with Gasteiger partial charge in [0.15, 0.2) is 0 Å². The highest BCUT2D eigenvalue weighted by Gasteiger charge is 2.20. The maximum absolute atomic E-state index is 14.4. The molecule has 4 rings (SSSR count). The fourth-order valence-electron chi connectivity index (χ4n) is 3.78. The molecule has 194 valence electrons. The number of thiophene rings is 1. The number of amides is 2. The first-order chi connectivity index (χ1) is 17.5. The van der Waals surface area contributed by atoms with Gasteiger partial charge in [-0.2, -0.15) is 0 Å². The fraction of sp³-hybridized carbons (Fsp3) is 0.167. The molecule has 0 radical (unpaired) electrons. The number of hydrogen-bond donors (Lipinski definition) is 3. The Morgan fingerprint density at radius 2 is 1.89 bits per heavy atom. The average Bonchev–Trinajstić information content (AvgIpc) is 3.27. The van der Waals surface area contributed by atoms with Crippen molar-refractivity contribution in [3.8, 4) is 5.69 Å². The van der Waals surface area contributed by atoms with Gasteiger partial charge in [0.05, 0.1) is 21.1 Å². The van der Waals surface area contributed by atoms with E-state index in [1.165, 1.54) is 22.8 Å². The number of aromatic nitrogens is 1. The van der Waals surface area contributed by atoms with E-state index in [4.69, 9.17) is 11.6 Å². The van der Waals surface area contributed by atoms with Gasteiger partial charge in [-0.25, -0.2) is 22.3 Å². The van der Waals surface area contributed by atoms with Crippen molar-refractivity contribution < 1.29 is 17.6 Å². The molecule has 2 heterocycles. The van der Waals surface area contributed by atoms with Gasteiger partial charge in [-0.3, -0.25) is 9.36 Å². The minimum atomic E-state index is -4.09. The van der Waals surface area contributed by atoms with Crippen LogP contribution in [0.2, 0.25) is 4.34 Å². The number of carbonyl (C=O) groups excluding carboxylic acids is 1. The molecule has 9 nitrogen and oxygen atoms in total. The summed E-state index contributed by atoms with van der Waals surface area (Å²) in [5.41, 5.74) is 1.40. The third-order valence-corrected chi connectivity index (χ3v) is 8.44. The van der Waals surface area contributed by atoms with Gasteiger partial charge in [-0.1, -0.05) is 11.6 Å². The first kappa shape index (κ1) is 26.6. The van der Waals surface area contributed by atoms with E-state index in [2.05, 4.69) is 10.6 Å². The van der Waals surface area contributed by atoms with Crippen LogP contribution < -0.4 is 20.9 Å². The van der Waals surface area contributed by atoms with Gasteiger partial charge in [-0.05, 0) is 73.6 Å². The smallest absolute Gasteiger partial charge is 0.333 e. The van der Waals surface area contributed by atoms with Gasteiger partial charge < -0.3 is 15.5 Å². The maximum Gasteiger partial charge on any atom is 0.333 e. The zero-order chi connectivity index (χ0) is 26.9. The fourth-order valence-corrected chi connectivity index (χ4v) is 6.17. The predicted molar refractivity (Wildman–Crippen MR) is 145 cm³/mol. The number of halogens is 2. The van der Waals surface area contributed by atoms with Gasteiger partial charge >= 0.3 is 6.03 Å². The van der Waals surface area contributed by atoms with Crippen molar-refractivity contribution in [2.45, 2.75) is 10.8 Å². The Kier molecular flexibility index (Phi) is 7.55. The molecule has 37 heavy (non-hydrogen) atoms. The quantitative estimate of drug-likeness (QED) is 0.306. The number of rotatable bonds is 7. The number of urea groups is 1. The molecule has 0 saturated carbocycles. The molecular weight excluding hydrogens is 541 g/mol. The Bertz CT molecular complexity index is 1670. The summed E-state index contributed by atoms with van der Waals surface area (Å²) < 4.78 is 42.7. The van der Waals surface area contributed by atoms with E-state index < -0.39 is 27.4 Å². The summed E-state index contributed by atoms with van der Waals surface area (Å²) >= 11 is 6.62. The van der Waals surface area contributed by atoms with E-state index in [0.29, 0.717) is 28.9 Å². The number of hydrogen-bond acceptors (Lipinski definition) is 7. The summed E-state index contributed by atoms with van der Waals surface area (Å²) in [6.45, 7) is 0.399. The Balaban J connectivity index is 1.67. The molecule has 4 aromatic rings. The SMILES string of the molecule is CNc1cc2ccn(-c3ccc(NC(=O)NS(=O)(=O)c4ccc(Cl)s4)cc3CN(C)C)c(=O)c2cc1F. The third-order valence-electron chi connectivity index (χ3n) is 5.38. The number of sulfonamides is 1. The minimum absolute atomic E-state index is 0.0924. The third kappa shape index (κ3) is 5.77. The molecule has 0 unspecified atom stereocenters. The Morgan fingerprint density at radius 3 is 2.54 bits per heavy atom. The molecule has 3 N–H and O–H groups in total. The van der Waals surface area contributed by atoms with Crippen molar-refractivity contribution in [2.75, 3.05) is 31.8 Å². The molecular formula is C24H23ClFN5O4S2. The summed E-state index contributed by atoms with van der Waals surface area (Å²) in [6, 6.07) is 11.1. The van der Waals surface area contributed by atoms with Gasteiger partial charge in [0.2, 0.25) is 0 Å². The van der Waals surface area contributed by atoms with Crippen LogP contribution in [0.15, 0.2) is 63.7 Å². The van der Waals surface area contributed by atoms with E-state index in [0.717, 1.165) is 11.3 Å². The lowest BCUT2D eigenvalue weighted by Gasteiger charge is -2.18. The highest BCUT2D eigenvalue weighted by molar-refractivity contribution is 7.92. The number of anilines is 2. The van der Waals surface area contributed by atoms with Crippen molar-refractivity contribution in [2.24, 2.45) is 0 Å². The summed E-state index contributed by atoms with van der Waals surface area (Å²) in [5.74, 6) is -0.538. The monoisotopic (exact) mass is 563 g/mol. The lowest BCUT2D eigenvalue weighted by atomic mass is 10.1. The van der Waals surface area contributed by atoms with Crippen molar-refractivity contribution in [1.82, 2.24) is 14.2 Å². The van der Waals surface area contributed by atoms with Crippen LogP contribution in [0.5, 0.6) is 0 Å². The average molecular weight is 564 g/mol. The van der Waals surface area contributed by atoms with Crippen molar-refractivity contribution in [1.29, 1.82) is 0 Å². The summed E-state index contributed by atoms with van der Waals surface area (Å²) in [5, 5.41) is 6.07. The van der Waals surface area contributed by atoms with E-state index in [-0.39, 0.29) is 19.6 Å². The highest BCUT2D eigenvalue weighted by Crippen LogP contribution is 2.26. The largest absolute Gasteiger partial charge is 0.386 e. The number of benzene rings is 2.